The zero-order valence-corrected chi connectivity index (χ0v) is 21.3. The highest BCUT2D eigenvalue weighted by Crippen LogP contribution is 2.64. The van der Waals surface area contributed by atoms with Crippen LogP contribution < -0.4 is 10.1 Å². The van der Waals surface area contributed by atoms with Gasteiger partial charge in [0.15, 0.2) is 11.5 Å². The number of ether oxygens (including phenoxy) is 2. The van der Waals surface area contributed by atoms with Gasteiger partial charge in [0.25, 0.3) is 0 Å². The summed E-state index contributed by atoms with van der Waals surface area (Å²) < 4.78 is 12.2. The van der Waals surface area contributed by atoms with Crippen molar-refractivity contribution in [1.29, 1.82) is 0 Å². The summed E-state index contributed by atoms with van der Waals surface area (Å²) >= 11 is 0. The van der Waals surface area contributed by atoms with Crippen LogP contribution in [0.1, 0.15) is 76.0 Å². The average Bonchev–Trinajstić information content (AvgIpc) is 3.54. The summed E-state index contributed by atoms with van der Waals surface area (Å²) in [6.45, 7) is 8.31. The maximum Gasteiger partial charge on any atom is 0.307 e. The normalized spacial score (nSPS) is 33.3. The van der Waals surface area contributed by atoms with E-state index in [0.29, 0.717) is 36.2 Å². The Bertz CT molecular complexity index is 1020. The fourth-order valence-electron chi connectivity index (χ4n) is 7.70. The highest BCUT2D eigenvalue weighted by molar-refractivity contribution is 5.70. The largest absolute Gasteiger partial charge is 0.504 e. The molecular formula is C28H40N2O5. The smallest absolute Gasteiger partial charge is 0.307 e. The number of aromatic hydroxyl groups is 1. The molecule has 3 aliphatic carbocycles. The van der Waals surface area contributed by atoms with Gasteiger partial charge in [0, 0.05) is 41.7 Å². The lowest BCUT2D eigenvalue weighted by atomic mass is 9.51. The molecule has 1 aromatic rings. The van der Waals surface area contributed by atoms with Gasteiger partial charge in [-0.15, -0.1) is 0 Å². The first kappa shape index (κ1) is 23.6. The average molecular weight is 485 g/mol. The van der Waals surface area contributed by atoms with Crippen molar-refractivity contribution >= 4 is 5.97 Å². The van der Waals surface area contributed by atoms with Crippen LogP contribution in [0.2, 0.25) is 0 Å². The molecule has 1 saturated heterocycles. The van der Waals surface area contributed by atoms with Crippen molar-refractivity contribution in [1.82, 2.24) is 10.2 Å². The van der Waals surface area contributed by atoms with E-state index in [0.717, 1.165) is 38.1 Å². The predicted molar refractivity (Wildman–Crippen MR) is 132 cm³/mol. The number of nitrogens with one attached hydrogen (secondary N) is 1. The summed E-state index contributed by atoms with van der Waals surface area (Å²) in [5.74, 6) is 1.90. The molecule has 3 N–H and O–H groups in total. The van der Waals surface area contributed by atoms with Crippen LogP contribution in [-0.4, -0.2) is 64.5 Å². The molecule has 7 heteroatoms. The molecule has 2 saturated carbocycles. The Labute approximate surface area is 208 Å². The third-order valence-corrected chi connectivity index (χ3v) is 9.14. The van der Waals surface area contributed by atoms with Gasteiger partial charge in [0.1, 0.15) is 11.7 Å². The number of piperidine rings is 1. The number of likely N-dealkylation sites (tertiary alicyclic amines) is 1. The van der Waals surface area contributed by atoms with E-state index in [4.69, 9.17) is 9.47 Å². The van der Waals surface area contributed by atoms with Gasteiger partial charge >= 0.3 is 5.97 Å². The quantitative estimate of drug-likeness (QED) is 0.513. The monoisotopic (exact) mass is 484 g/mol. The van der Waals surface area contributed by atoms with E-state index in [1.807, 2.05) is 26.8 Å². The molecule has 5 aliphatic rings. The van der Waals surface area contributed by atoms with E-state index < -0.39 is 5.60 Å². The number of rotatable bonds is 7. The maximum absolute atomic E-state index is 12.3. The van der Waals surface area contributed by atoms with Crippen LogP contribution in [0.3, 0.4) is 0 Å². The van der Waals surface area contributed by atoms with Crippen LogP contribution >= 0.6 is 0 Å². The second kappa shape index (κ2) is 8.35. The molecule has 0 radical (unpaired) electrons. The molecule has 1 aromatic carbocycles. The first-order valence-electron chi connectivity index (χ1n) is 13.6. The fourth-order valence-corrected chi connectivity index (χ4v) is 7.70. The lowest BCUT2D eigenvalue weighted by Crippen LogP contribution is -2.68. The van der Waals surface area contributed by atoms with Crippen LogP contribution in [0.4, 0.5) is 0 Å². The first-order valence-corrected chi connectivity index (χ1v) is 13.6. The van der Waals surface area contributed by atoms with Gasteiger partial charge in [-0.1, -0.05) is 0 Å². The number of benzene rings is 1. The minimum absolute atomic E-state index is 0.0700. The van der Waals surface area contributed by atoms with Crippen LogP contribution in [-0.2, 0) is 28.0 Å². The number of hydrogen-bond acceptors (Lipinski definition) is 7. The molecule has 192 valence electrons. The van der Waals surface area contributed by atoms with E-state index in [1.165, 1.54) is 30.5 Å². The number of hydrogen-bond donors (Lipinski definition) is 3. The zero-order valence-electron chi connectivity index (χ0n) is 21.3. The molecule has 2 unspecified atom stereocenters. The van der Waals surface area contributed by atoms with E-state index in [1.54, 1.807) is 0 Å². The van der Waals surface area contributed by atoms with Gasteiger partial charge in [0.05, 0.1) is 13.0 Å². The van der Waals surface area contributed by atoms with Crippen LogP contribution in [0.5, 0.6) is 11.5 Å². The standard InChI is InChI=1S/C28H40N2O5/c1-27(2,3)35-22(32)8-10-29-20-7-6-19-21-13-17-12-18(15-31)24(33)25-23(17)28(19,26(20)34-25)9-11-30(21)14-16-4-5-16/h12,16,19-21,26,29,31,33H,4-11,13-15H2,1-3H3/t19-,20?,21+,26?,28-/m0/s1. The Morgan fingerprint density at radius 1 is 1.29 bits per heavy atom. The van der Waals surface area contributed by atoms with Crippen molar-refractivity contribution in [3.63, 3.8) is 0 Å². The minimum atomic E-state index is -0.478. The molecule has 2 bridgehead atoms. The Morgan fingerprint density at radius 3 is 2.80 bits per heavy atom. The fraction of sp³-hybridized carbons (Fsp3) is 0.750. The third kappa shape index (κ3) is 3.85. The van der Waals surface area contributed by atoms with E-state index in [-0.39, 0.29) is 35.9 Å². The number of carbonyl (C=O) groups is 1. The minimum Gasteiger partial charge on any atom is -0.504 e. The van der Waals surface area contributed by atoms with Crippen molar-refractivity contribution in [2.24, 2.45) is 11.8 Å². The number of phenols is 1. The summed E-state index contributed by atoms with van der Waals surface area (Å²) in [6.07, 6.45) is 7.10. The molecule has 1 spiro atoms. The number of nitrogens with zero attached hydrogens (tertiary/aromatic N) is 1. The Morgan fingerprint density at radius 2 is 2.09 bits per heavy atom. The number of carbonyl (C=O) groups excluding carboxylic acids is 1. The van der Waals surface area contributed by atoms with Crippen molar-refractivity contribution < 1.29 is 24.5 Å². The summed E-state index contributed by atoms with van der Waals surface area (Å²) in [6, 6.07) is 2.64. The molecule has 3 fully saturated rings. The van der Waals surface area contributed by atoms with Crippen molar-refractivity contribution in [3.8, 4) is 11.5 Å². The predicted octanol–water partition coefficient (Wildman–Crippen LogP) is 3.02. The lowest BCUT2D eigenvalue weighted by molar-refractivity contribution is -0.154. The van der Waals surface area contributed by atoms with Crippen LogP contribution in [0.15, 0.2) is 6.07 Å². The summed E-state index contributed by atoms with van der Waals surface area (Å²) in [5.41, 5.74) is 2.44. The molecule has 0 aromatic heterocycles. The van der Waals surface area contributed by atoms with E-state index >= 15 is 0 Å². The Kier molecular flexibility index (Phi) is 5.62. The molecule has 35 heavy (non-hydrogen) atoms. The van der Waals surface area contributed by atoms with Gasteiger partial charge in [-0.25, -0.2) is 0 Å². The van der Waals surface area contributed by atoms with E-state index in [2.05, 4.69) is 10.2 Å². The highest BCUT2D eigenvalue weighted by Gasteiger charge is 2.66. The topological polar surface area (TPSA) is 91.3 Å². The van der Waals surface area contributed by atoms with Gasteiger partial charge in [-0.05, 0) is 89.3 Å². The molecule has 6 rings (SSSR count). The summed E-state index contributed by atoms with van der Waals surface area (Å²) in [7, 11) is 0. The number of aliphatic hydroxyl groups is 1. The highest BCUT2D eigenvalue weighted by atomic mass is 16.6. The molecule has 2 heterocycles. The zero-order chi connectivity index (χ0) is 24.5. The van der Waals surface area contributed by atoms with Crippen molar-refractivity contribution in [2.45, 2.75) is 102 Å². The van der Waals surface area contributed by atoms with Crippen LogP contribution in [0.25, 0.3) is 0 Å². The molecule has 0 amide bonds. The SMILES string of the molecule is CC(C)(C)OC(=O)CCNC1CC[C@H]2[C@H]3Cc4cc(CO)c(O)c5c4[C@@]2(CCN3CC2CC2)C1O5. The molecule has 5 atom stereocenters. The van der Waals surface area contributed by atoms with Crippen LogP contribution in [0, 0.1) is 11.8 Å². The Hall–Kier alpha value is -1.83. The van der Waals surface area contributed by atoms with Gasteiger partial charge in [-0.3, -0.25) is 9.69 Å². The van der Waals surface area contributed by atoms with Gasteiger partial charge < -0.3 is 25.0 Å². The van der Waals surface area contributed by atoms with Gasteiger partial charge in [0.2, 0.25) is 0 Å². The molecule has 7 nitrogen and oxygen atoms in total. The third-order valence-electron chi connectivity index (χ3n) is 9.14. The maximum atomic E-state index is 12.3. The second-order valence-electron chi connectivity index (χ2n) is 12.5. The number of aliphatic hydroxyl groups excluding tert-OH is 1. The molecule has 2 aliphatic heterocycles. The lowest BCUT2D eigenvalue weighted by Gasteiger charge is -2.59. The van der Waals surface area contributed by atoms with Gasteiger partial charge in [-0.2, -0.15) is 0 Å². The van der Waals surface area contributed by atoms with Crippen molar-refractivity contribution in [2.75, 3.05) is 19.6 Å². The second-order valence-corrected chi connectivity index (χ2v) is 12.5. The van der Waals surface area contributed by atoms with Crippen molar-refractivity contribution in [3.05, 3.63) is 22.8 Å². The Balaban J connectivity index is 1.29. The number of esters is 1. The first-order chi connectivity index (χ1) is 16.7. The molecular weight excluding hydrogens is 444 g/mol. The summed E-state index contributed by atoms with van der Waals surface area (Å²) in [5, 5.41) is 24.6. The van der Waals surface area contributed by atoms with E-state index in [9.17, 15) is 15.0 Å². The summed E-state index contributed by atoms with van der Waals surface area (Å²) in [4.78, 5) is 15.0.